The van der Waals surface area contributed by atoms with Crippen molar-refractivity contribution in [2.75, 3.05) is 31.6 Å². The van der Waals surface area contributed by atoms with E-state index < -0.39 is 6.10 Å². The zero-order valence-electron chi connectivity index (χ0n) is 22.2. The molecule has 2 aliphatic heterocycles. The summed E-state index contributed by atoms with van der Waals surface area (Å²) in [5.41, 5.74) is 1.62. The van der Waals surface area contributed by atoms with Crippen LogP contribution in [0, 0.1) is 11.3 Å². The summed E-state index contributed by atoms with van der Waals surface area (Å²) in [6, 6.07) is 11.9. The summed E-state index contributed by atoms with van der Waals surface area (Å²) < 4.78 is 5.55. The lowest BCUT2D eigenvalue weighted by Gasteiger charge is -2.43. The summed E-state index contributed by atoms with van der Waals surface area (Å²) in [5.74, 6) is 0.816. The monoisotopic (exact) mass is 534 g/mol. The Kier molecular flexibility index (Phi) is 6.46. The highest BCUT2D eigenvalue weighted by atomic mass is 35.5. The standard InChI is InChI=1S/C30H35ClN4O3/c1-29(2)26(23-6-4-5-9-32-23)27(29)28(37)34-25-14-19-12-21(22(31)13-20(19)15-33-25)18-7-10-35(11-8-18)30(3)17-38-16-24(30)36/h4-6,9,12-15,18,24,26-27,36H,7-8,10-11,16-17H2,1-3H3,(H,33,34,37)/t24-,26+,27-,30+/m1/s1. The van der Waals surface area contributed by atoms with Crippen molar-refractivity contribution in [3.05, 3.63) is 65.1 Å². The fourth-order valence-corrected chi connectivity index (χ4v) is 6.99. The van der Waals surface area contributed by atoms with Crippen molar-refractivity contribution in [3.8, 4) is 0 Å². The van der Waals surface area contributed by atoms with Gasteiger partial charge in [-0.1, -0.05) is 31.5 Å². The maximum absolute atomic E-state index is 13.2. The molecule has 0 radical (unpaired) electrons. The number of carbonyl (C=O) groups excluding carboxylic acids is 1. The summed E-state index contributed by atoms with van der Waals surface area (Å²) in [6.07, 6.45) is 5.04. The van der Waals surface area contributed by atoms with Crippen LogP contribution >= 0.6 is 11.6 Å². The molecule has 2 saturated heterocycles. The summed E-state index contributed by atoms with van der Waals surface area (Å²) >= 11 is 6.75. The summed E-state index contributed by atoms with van der Waals surface area (Å²) in [5, 5.41) is 16.2. The van der Waals surface area contributed by atoms with E-state index in [1.54, 1.807) is 12.4 Å². The van der Waals surface area contributed by atoms with Crippen LogP contribution in [0.25, 0.3) is 10.8 Å². The minimum Gasteiger partial charge on any atom is -0.389 e. The smallest absolute Gasteiger partial charge is 0.229 e. The number of benzene rings is 1. The molecule has 0 spiro atoms. The zero-order chi connectivity index (χ0) is 26.7. The quantitative estimate of drug-likeness (QED) is 0.479. The van der Waals surface area contributed by atoms with Crippen molar-refractivity contribution >= 4 is 34.1 Å². The number of halogens is 1. The van der Waals surface area contributed by atoms with Crippen LogP contribution in [0.3, 0.4) is 0 Å². The van der Waals surface area contributed by atoms with Gasteiger partial charge < -0.3 is 15.2 Å². The van der Waals surface area contributed by atoms with Crippen LogP contribution in [0.1, 0.15) is 56.7 Å². The minimum atomic E-state index is -0.454. The predicted molar refractivity (Wildman–Crippen MR) is 148 cm³/mol. The number of rotatable bonds is 5. The number of nitrogens with one attached hydrogen (secondary N) is 1. The lowest BCUT2D eigenvalue weighted by Crippen LogP contribution is -2.56. The molecule has 1 aromatic carbocycles. The lowest BCUT2D eigenvalue weighted by atomic mass is 9.85. The Morgan fingerprint density at radius 2 is 1.92 bits per heavy atom. The molecule has 0 unspecified atom stereocenters. The molecule has 1 amide bonds. The fourth-order valence-electron chi connectivity index (χ4n) is 6.66. The number of hydrogen-bond acceptors (Lipinski definition) is 6. The molecule has 2 aromatic heterocycles. The average Bonchev–Trinajstić information content (AvgIpc) is 3.34. The van der Waals surface area contributed by atoms with Gasteiger partial charge in [0.1, 0.15) is 5.82 Å². The van der Waals surface area contributed by atoms with E-state index in [0.717, 1.165) is 53.0 Å². The van der Waals surface area contributed by atoms with E-state index in [0.29, 0.717) is 24.9 Å². The first-order valence-electron chi connectivity index (χ1n) is 13.5. The molecule has 1 saturated carbocycles. The number of ether oxygens (including phenoxy) is 1. The highest BCUT2D eigenvalue weighted by Crippen LogP contribution is 2.64. The van der Waals surface area contributed by atoms with Crippen molar-refractivity contribution in [1.82, 2.24) is 14.9 Å². The van der Waals surface area contributed by atoms with Crippen LogP contribution < -0.4 is 5.32 Å². The molecule has 8 heteroatoms. The van der Waals surface area contributed by atoms with Gasteiger partial charge in [0, 0.05) is 34.4 Å². The number of aliphatic hydroxyl groups is 1. The van der Waals surface area contributed by atoms with Crippen LogP contribution in [0.5, 0.6) is 0 Å². The summed E-state index contributed by atoms with van der Waals surface area (Å²) in [6.45, 7) is 9.08. The van der Waals surface area contributed by atoms with Crippen LogP contribution in [-0.2, 0) is 9.53 Å². The second-order valence-electron chi connectivity index (χ2n) is 12.0. The molecule has 4 heterocycles. The number of piperidine rings is 1. The minimum absolute atomic E-state index is 0.0226. The molecule has 0 bridgehead atoms. The van der Waals surface area contributed by atoms with Gasteiger partial charge >= 0.3 is 0 Å². The molecule has 7 nitrogen and oxygen atoms in total. The first-order chi connectivity index (χ1) is 18.2. The molecule has 38 heavy (non-hydrogen) atoms. The third-order valence-electron chi connectivity index (χ3n) is 9.25. The Bertz CT molecular complexity index is 1360. The largest absolute Gasteiger partial charge is 0.389 e. The molecule has 3 aliphatic rings. The number of likely N-dealkylation sites (tertiary alicyclic amines) is 1. The van der Waals surface area contributed by atoms with Gasteiger partial charge in [0.05, 0.1) is 30.8 Å². The Morgan fingerprint density at radius 3 is 2.61 bits per heavy atom. The first-order valence-corrected chi connectivity index (χ1v) is 13.9. The fraction of sp³-hybridized carbons (Fsp3) is 0.500. The second-order valence-corrected chi connectivity index (χ2v) is 12.4. The Hall–Kier alpha value is -2.58. The van der Waals surface area contributed by atoms with E-state index in [2.05, 4.69) is 47.0 Å². The van der Waals surface area contributed by atoms with Crippen LogP contribution in [0.2, 0.25) is 5.02 Å². The number of aromatic nitrogens is 2. The summed E-state index contributed by atoms with van der Waals surface area (Å²) in [4.78, 5) is 24.6. The van der Waals surface area contributed by atoms with Crippen molar-refractivity contribution < 1.29 is 14.6 Å². The Labute approximate surface area is 228 Å². The molecule has 3 aromatic rings. The molecule has 4 atom stereocenters. The van der Waals surface area contributed by atoms with E-state index in [9.17, 15) is 9.90 Å². The van der Waals surface area contributed by atoms with Crippen molar-refractivity contribution in [3.63, 3.8) is 0 Å². The number of nitrogens with zero attached hydrogens (tertiary/aromatic N) is 3. The second kappa shape index (κ2) is 9.56. The van der Waals surface area contributed by atoms with E-state index in [-0.39, 0.29) is 28.7 Å². The highest BCUT2D eigenvalue weighted by Gasteiger charge is 2.63. The van der Waals surface area contributed by atoms with Crippen LogP contribution in [0.4, 0.5) is 5.82 Å². The number of carbonyl (C=O) groups is 1. The van der Waals surface area contributed by atoms with Gasteiger partial charge in [-0.3, -0.25) is 14.7 Å². The molecular weight excluding hydrogens is 500 g/mol. The lowest BCUT2D eigenvalue weighted by molar-refractivity contribution is -0.118. The number of aliphatic hydroxyl groups excluding tert-OH is 1. The zero-order valence-corrected chi connectivity index (χ0v) is 22.9. The van der Waals surface area contributed by atoms with Gasteiger partial charge in [0.25, 0.3) is 0 Å². The van der Waals surface area contributed by atoms with E-state index in [1.807, 2.05) is 30.3 Å². The van der Waals surface area contributed by atoms with Gasteiger partial charge in [0.2, 0.25) is 5.91 Å². The molecule has 3 fully saturated rings. The van der Waals surface area contributed by atoms with Gasteiger partial charge in [-0.25, -0.2) is 4.98 Å². The van der Waals surface area contributed by atoms with Crippen LogP contribution in [-0.4, -0.2) is 63.8 Å². The molecular formula is C30H35ClN4O3. The van der Waals surface area contributed by atoms with Crippen LogP contribution in [0.15, 0.2) is 48.8 Å². The number of amides is 1. The number of pyridine rings is 2. The number of fused-ring (bicyclic) bond motifs is 1. The van der Waals surface area contributed by atoms with Crippen molar-refractivity contribution in [2.24, 2.45) is 11.3 Å². The topological polar surface area (TPSA) is 87.6 Å². The molecule has 6 rings (SSSR count). The Morgan fingerprint density at radius 1 is 1.13 bits per heavy atom. The number of anilines is 1. The van der Waals surface area contributed by atoms with Gasteiger partial charge in [0.15, 0.2) is 0 Å². The Balaban J connectivity index is 1.17. The van der Waals surface area contributed by atoms with Crippen molar-refractivity contribution in [2.45, 2.75) is 57.1 Å². The van der Waals surface area contributed by atoms with E-state index in [4.69, 9.17) is 16.3 Å². The van der Waals surface area contributed by atoms with Gasteiger partial charge in [-0.05, 0) is 85.5 Å². The number of hydrogen-bond donors (Lipinski definition) is 2. The van der Waals surface area contributed by atoms with E-state index in [1.165, 1.54) is 0 Å². The molecule has 200 valence electrons. The maximum Gasteiger partial charge on any atom is 0.229 e. The SMILES string of the molecule is CC1(C)[C@@H](C(=O)Nc2cc3cc(C4CCN([C@@]5(C)COC[C@H]5O)CC4)c(Cl)cc3cn2)[C@@H]1c1ccccn1. The highest BCUT2D eigenvalue weighted by molar-refractivity contribution is 6.32. The third kappa shape index (κ3) is 4.39. The van der Waals surface area contributed by atoms with E-state index >= 15 is 0 Å². The maximum atomic E-state index is 13.2. The normalized spacial score (nSPS) is 29.4. The van der Waals surface area contributed by atoms with Gasteiger partial charge in [-0.15, -0.1) is 0 Å². The third-order valence-corrected chi connectivity index (χ3v) is 9.58. The summed E-state index contributed by atoms with van der Waals surface area (Å²) in [7, 11) is 0. The molecule has 1 aliphatic carbocycles. The van der Waals surface area contributed by atoms with Crippen molar-refractivity contribution in [1.29, 1.82) is 0 Å². The average molecular weight is 535 g/mol. The predicted octanol–water partition coefficient (Wildman–Crippen LogP) is 4.99. The first kappa shape index (κ1) is 25.7. The van der Waals surface area contributed by atoms with Gasteiger partial charge in [-0.2, -0.15) is 0 Å². The molecule has 2 N–H and O–H groups in total.